The van der Waals surface area contributed by atoms with Crippen LogP contribution in [0.4, 0.5) is 14.5 Å². The fourth-order valence-corrected chi connectivity index (χ4v) is 2.05. The van der Waals surface area contributed by atoms with Crippen LogP contribution in [-0.2, 0) is 0 Å². The fraction of sp³-hybridized carbons (Fsp3) is 0.0769. The molecule has 0 saturated heterocycles. The van der Waals surface area contributed by atoms with Gasteiger partial charge >= 0.3 is 0 Å². The van der Waals surface area contributed by atoms with Gasteiger partial charge in [-0.25, -0.2) is 13.8 Å². The second-order valence-corrected chi connectivity index (χ2v) is 5.27. The molecule has 0 saturated carbocycles. The van der Waals surface area contributed by atoms with Gasteiger partial charge in [-0.05, 0) is 40.5 Å². The number of aryl methyl sites for hydroxylation is 1. The summed E-state index contributed by atoms with van der Waals surface area (Å²) < 4.78 is 27.9. The molecule has 0 spiro atoms. The van der Waals surface area contributed by atoms with E-state index in [1.165, 1.54) is 25.3 Å². The lowest BCUT2D eigenvalue weighted by atomic mass is 10.2. The van der Waals surface area contributed by atoms with Gasteiger partial charge < -0.3 is 5.32 Å². The highest BCUT2D eigenvalue weighted by atomic mass is 79.9. The van der Waals surface area contributed by atoms with Crippen LogP contribution in [0.25, 0.3) is 0 Å². The highest BCUT2D eigenvalue weighted by Gasteiger charge is 2.18. The van der Waals surface area contributed by atoms with E-state index in [1.807, 2.05) is 0 Å². The van der Waals surface area contributed by atoms with Crippen molar-refractivity contribution >= 4 is 39.1 Å². The molecule has 0 aliphatic heterocycles. The van der Waals surface area contributed by atoms with Gasteiger partial charge in [0.2, 0.25) is 0 Å². The van der Waals surface area contributed by atoms with Gasteiger partial charge in [0, 0.05) is 10.7 Å². The SMILES string of the molecule is Cc1ccc(F)c(NC(=O)c2cc(Br)cnc2Cl)c1F. The number of nitrogens with one attached hydrogen (secondary N) is 1. The van der Waals surface area contributed by atoms with Gasteiger partial charge in [0.05, 0.1) is 5.56 Å². The summed E-state index contributed by atoms with van der Waals surface area (Å²) in [5.74, 6) is -2.43. The number of carbonyl (C=O) groups excluding carboxylic acids is 1. The molecular formula is C13H8BrClF2N2O. The third-order valence-electron chi connectivity index (χ3n) is 2.57. The van der Waals surface area contributed by atoms with Gasteiger partial charge in [0.1, 0.15) is 16.7 Å². The minimum Gasteiger partial charge on any atom is -0.317 e. The minimum absolute atomic E-state index is 0.0151. The molecule has 1 amide bonds. The lowest BCUT2D eigenvalue weighted by Gasteiger charge is -2.10. The third kappa shape index (κ3) is 2.96. The van der Waals surface area contributed by atoms with Crippen molar-refractivity contribution in [3.05, 3.63) is 56.8 Å². The first-order chi connectivity index (χ1) is 9.40. The highest BCUT2D eigenvalue weighted by molar-refractivity contribution is 9.10. The molecule has 1 N–H and O–H groups in total. The van der Waals surface area contributed by atoms with Crippen LogP contribution in [0.2, 0.25) is 5.15 Å². The largest absolute Gasteiger partial charge is 0.317 e. The number of hydrogen-bond acceptors (Lipinski definition) is 2. The Morgan fingerprint density at radius 3 is 2.80 bits per heavy atom. The Labute approximate surface area is 127 Å². The van der Waals surface area contributed by atoms with Crippen molar-refractivity contribution in [1.29, 1.82) is 0 Å². The van der Waals surface area contributed by atoms with Crippen molar-refractivity contribution in [3.63, 3.8) is 0 Å². The first-order valence-electron chi connectivity index (χ1n) is 5.47. The van der Waals surface area contributed by atoms with Crippen molar-refractivity contribution in [3.8, 4) is 0 Å². The number of carbonyl (C=O) groups is 1. The zero-order chi connectivity index (χ0) is 14.9. The van der Waals surface area contributed by atoms with Crippen molar-refractivity contribution in [2.24, 2.45) is 0 Å². The van der Waals surface area contributed by atoms with Crippen molar-refractivity contribution in [1.82, 2.24) is 4.98 Å². The number of anilines is 1. The molecule has 0 fully saturated rings. The lowest BCUT2D eigenvalue weighted by molar-refractivity contribution is 0.102. The third-order valence-corrected chi connectivity index (χ3v) is 3.31. The number of hydrogen-bond donors (Lipinski definition) is 1. The predicted octanol–water partition coefficient (Wildman–Crippen LogP) is 4.34. The molecule has 1 aromatic carbocycles. The van der Waals surface area contributed by atoms with Gasteiger partial charge in [0.25, 0.3) is 5.91 Å². The fourth-order valence-electron chi connectivity index (χ4n) is 1.53. The second-order valence-electron chi connectivity index (χ2n) is 4.00. The van der Waals surface area contributed by atoms with Gasteiger partial charge in [0.15, 0.2) is 5.82 Å². The number of amides is 1. The standard InChI is InChI=1S/C13H8BrClF2N2O/c1-6-2-3-9(16)11(10(6)17)19-13(20)8-4-7(14)5-18-12(8)15/h2-5H,1H3,(H,19,20). The molecule has 20 heavy (non-hydrogen) atoms. The van der Waals surface area contributed by atoms with E-state index in [9.17, 15) is 13.6 Å². The number of aromatic nitrogens is 1. The number of rotatable bonds is 2. The molecule has 0 unspecified atom stereocenters. The summed E-state index contributed by atoms with van der Waals surface area (Å²) in [4.78, 5) is 15.8. The Morgan fingerprint density at radius 1 is 1.40 bits per heavy atom. The highest BCUT2D eigenvalue weighted by Crippen LogP contribution is 2.24. The molecule has 0 bridgehead atoms. The average molecular weight is 362 g/mol. The summed E-state index contributed by atoms with van der Waals surface area (Å²) in [5, 5.41) is 2.11. The zero-order valence-corrected chi connectivity index (χ0v) is 12.5. The summed E-state index contributed by atoms with van der Waals surface area (Å²) in [7, 11) is 0. The lowest BCUT2D eigenvalue weighted by Crippen LogP contribution is -2.15. The topological polar surface area (TPSA) is 42.0 Å². The zero-order valence-electron chi connectivity index (χ0n) is 10.2. The Hall–Kier alpha value is -1.53. The number of halogens is 4. The maximum atomic E-state index is 13.8. The van der Waals surface area contributed by atoms with Crippen LogP contribution >= 0.6 is 27.5 Å². The monoisotopic (exact) mass is 360 g/mol. The molecule has 3 nitrogen and oxygen atoms in total. The van der Waals surface area contributed by atoms with E-state index in [0.29, 0.717) is 4.47 Å². The van der Waals surface area contributed by atoms with Crippen molar-refractivity contribution in [2.45, 2.75) is 6.92 Å². The molecule has 0 aliphatic rings. The smallest absolute Gasteiger partial charge is 0.258 e. The molecule has 0 atom stereocenters. The van der Waals surface area contributed by atoms with E-state index in [2.05, 4.69) is 26.2 Å². The number of benzene rings is 1. The summed E-state index contributed by atoms with van der Waals surface area (Å²) in [6.45, 7) is 1.47. The molecule has 1 aromatic heterocycles. The maximum Gasteiger partial charge on any atom is 0.258 e. The quantitative estimate of drug-likeness (QED) is 0.809. The van der Waals surface area contributed by atoms with Gasteiger partial charge in [-0.1, -0.05) is 17.7 Å². The number of nitrogens with zero attached hydrogens (tertiary/aromatic N) is 1. The van der Waals surface area contributed by atoms with Crippen molar-refractivity contribution in [2.75, 3.05) is 5.32 Å². The van der Waals surface area contributed by atoms with Gasteiger partial charge in [-0.3, -0.25) is 4.79 Å². The summed E-state index contributed by atoms with van der Waals surface area (Å²) in [6, 6.07) is 3.78. The molecule has 0 radical (unpaired) electrons. The van der Waals surface area contributed by atoms with Crippen LogP contribution < -0.4 is 5.32 Å². The van der Waals surface area contributed by atoms with Crippen LogP contribution in [-0.4, -0.2) is 10.9 Å². The van der Waals surface area contributed by atoms with E-state index in [4.69, 9.17) is 11.6 Å². The normalized spacial score (nSPS) is 10.4. The summed E-state index contributed by atoms with van der Waals surface area (Å²) in [5.41, 5.74) is -0.271. The van der Waals surface area contributed by atoms with E-state index in [0.717, 1.165) is 6.07 Å². The molecule has 104 valence electrons. The first kappa shape index (κ1) is 14.9. The molecule has 2 aromatic rings. The van der Waals surface area contributed by atoms with Crippen LogP contribution in [0.15, 0.2) is 28.9 Å². The van der Waals surface area contributed by atoms with Crippen LogP contribution in [0.5, 0.6) is 0 Å². The molecule has 2 rings (SSSR count). The molecule has 1 heterocycles. The van der Waals surface area contributed by atoms with E-state index >= 15 is 0 Å². The minimum atomic E-state index is -0.861. The first-order valence-corrected chi connectivity index (χ1v) is 6.64. The van der Waals surface area contributed by atoms with Gasteiger partial charge in [-0.2, -0.15) is 0 Å². The van der Waals surface area contributed by atoms with Gasteiger partial charge in [-0.15, -0.1) is 0 Å². The Kier molecular flexibility index (Phi) is 4.35. The molecule has 7 heteroatoms. The molecular weight excluding hydrogens is 354 g/mol. The summed E-state index contributed by atoms with van der Waals surface area (Å²) in [6.07, 6.45) is 1.41. The summed E-state index contributed by atoms with van der Waals surface area (Å²) >= 11 is 8.93. The predicted molar refractivity (Wildman–Crippen MR) is 76.0 cm³/mol. The van der Waals surface area contributed by atoms with Crippen molar-refractivity contribution < 1.29 is 13.6 Å². The van der Waals surface area contributed by atoms with Crippen LogP contribution in [0.1, 0.15) is 15.9 Å². The van der Waals surface area contributed by atoms with E-state index in [-0.39, 0.29) is 16.3 Å². The average Bonchev–Trinajstić information content (AvgIpc) is 2.41. The number of pyridine rings is 1. The van der Waals surface area contributed by atoms with Crippen LogP contribution in [0.3, 0.4) is 0 Å². The molecule has 0 aliphatic carbocycles. The Balaban J connectivity index is 2.38. The van der Waals surface area contributed by atoms with Crippen LogP contribution in [0, 0.1) is 18.6 Å². The Bertz CT molecular complexity index is 694. The maximum absolute atomic E-state index is 13.8. The second kappa shape index (κ2) is 5.85. The van der Waals surface area contributed by atoms with E-state index in [1.54, 1.807) is 0 Å². The Morgan fingerprint density at radius 2 is 2.10 bits per heavy atom. The van der Waals surface area contributed by atoms with E-state index < -0.39 is 23.2 Å².